The van der Waals surface area contributed by atoms with Crippen LogP contribution in [0.5, 0.6) is 0 Å². The van der Waals surface area contributed by atoms with Crippen LogP contribution < -0.4 is 10.2 Å². The van der Waals surface area contributed by atoms with E-state index in [2.05, 4.69) is 22.1 Å². The first-order valence-corrected chi connectivity index (χ1v) is 16.9. The minimum atomic E-state index is -1.10. The Labute approximate surface area is 271 Å². The number of esters is 1. The quantitative estimate of drug-likeness (QED) is 0.123. The maximum absolute atomic E-state index is 14.8. The Morgan fingerprint density at radius 1 is 1.13 bits per heavy atom. The van der Waals surface area contributed by atoms with Crippen molar-refractivity contribution in [1.29, 1.82) is 0 Å². The molecule has 4 heterocycles. The number of anilines is 1. The minimum Gasteiger partial charge on any atom is -0.462 e. The van der Waals surface area contributed by atoms with Crippen molar-refractivity contribution in [3.8, 4) is 0 Å². The number of carbonyl (C=O) groups is 2. The van der Waals surface area contributed by atoms with Crippen molar-refractivity contribution < 1.29 is 23.1 Å². The van der Waals surface area contributed by atoms with Crippen LogP contribution in [-0.2, 0) is 11.3 Å². The third-order valence-electron chi connectivity index (χ3n) is 8.58. The van der Waals surface area contributed by atoms with Crippen LogP contribution in [0.2, 0.25) is 0 Å². The number of hydrogen-bond donors (Lipinski definition) is 1. The van der Waals surface area contributed by atoms with Crippen LogP contribution in [-0.4, -0.2) is 76.1 Å². The maximum atomic E-state index is 14.8. The molecule has 0 unspecified atom stereocenters. The molecular weight excluding hydrogens is 610 g/mol. The Morgan fingerprint density at radius 3 is 2.83 bits per heavy atom. The van der Waals surface area contributed by atoms with Gasteiger partial charge in [0.1, 0.15) is 17.8 Å². The predicted molar refractivity (Wildman–Crippen MR) is 174 cm³/mol. The molecule has 0 spiro atoms. The number of unbranched alkanes of at least 4 members (excludes halogenated alkanes) is 1. The van der Waals surface area contributed by atoms with Gasteiger partial charge in [-0.05, 0) is 72.7 Å². The highest BCUT2D eigenvalue weighted by molar-refractivity contribution is 7.98. The van der Waals surface area contributed by atoms with E-state index in [1.807, 2.05) is 29.4 Å². The zero-order valence-corrected chi connectivity index (χ0v) is 26.8. The zero-order chi connectivity index (χ0) is 32.2. The summed E-state index contributed by atoms with van der Waals surface area (Å²) in [6.45, 7) is 4.69. The van der Waals surface area contributed by atoms with Gasteiger partial charge in [-0.3, -0.25) is 9.69 Å². The Bertz CT molecular complexity index is 1720. The lowest BCUT2D eigenvalue weighted by molar-refractivity contribution is 0.0499. The van der Waals surface area contributed by atoms with E-state index >= 15 is 0 Å². The average molecular weight is 649 g/mol. The van der Waals surface area contributed by atoms with E-state index in [0.29, 0.717) is 36.7 Å². The molecule has 2 saturated heterocycles. The van der Waals surface area contributed by atoms with Crippen LogP contribution >= 0.6 is 11.8 Å². The van der Waals surface area contributed by atoms with Crippen LogP contribution in [0.1, 0.15) is 70.6 Å². The number of ether oxygens (including phenoxy) is 1. The largest absolute Gasteiger partial charge is 0.462 e. The molecule has 1 N–H and O–H groups in total. The number of hydrogen-bond acceptors (Lipinski definition) is 8. The fraction of sp³-hybridized carbons (Fsp3) is 0.412. The number of halogens is 2. The number of amides is 1. The molecule has 2 fully saturated rings. The van der Waals surface area contributed by atoms with E-state index in [4.69, 9.17) is 9.84 Å². The molecule has 46 heavy (non-hydrogen) atoms. The summed E-state index contributed by atoms with van der Waals surface area (Å²) in [5.41, 5.74) is 3.06. The van der Waals surface area contributed by atoms with Gasteiger partial charge in [0.2, 0.25) is 0 Å². The average Bonchev–Trinajstić information content (AvgIpc) is 3.79. The molecule has 1 amide bonds. The number of rotatable bonds is 11. The summed E-state index contributed by atoms with van der Waals surface area (Å²) in [7, 11) is 0. The lowest BCUT2D eigenvalue weighted by atomic mass is 10.0. The summed E-state index contributed by atoms with van der Waals surface area (Å²) in [5, 5.41) is 7.85. The molecule has 4 aromatic rings. The molecule has 2 aliphatic heterocycles. The van der Waals surface area contributed by atoms with Gasteiger partial charge < -0.3 is 15.0 Å². The van der Waals surface area contributed by atoms with Crippen molar-refractivity contribution in [2.75, 3.05) is 37.4 Å². The molecular formula is C34H38F2N6O3S. The molecule has 2 aliphatic rings. The van der Waals surface area contributed by atoms with Gasteiger partial charge >= 0.3 is 5.97 Å². The number of nitrogens with one attached hydrogen (secondary N) is 1. The molecule has 242 valence electrons. The van der Waals surface area contributed by atoms with Crippen molar-refractivity contribution in [3.63, 3.8) is 0 Å². The summed E-state index contributed by atoms with van der Waals surface area (Å²) < 4.78 is 35.9. The lowest BCUT2D eigenvalue weighted by Gasteiger charge is -2.27. The van der Waals surface area contributed by atoms with E-state index in [1.54, 1.807) is 24.3 Å². The highest BCUT2D eigenvalue weighted by Crippen LogP contribution is 2.40. The van der Waals surface area contributed by atoms with E-state index < -0.39 is 12.2 Å². The summed E-state index contributed by atoms with van der Waals surface area (Å²) in [6.07, 6.45) is 5.12. The highest BCUT2D eigenvalue weighted by atomic mass is 32.2. The number of alkyl halides is 1. The Kier molecular flexibility index (Phi) is 9.83. The normalized spacial score (nSPS) is 20.0. The van der Waals surface area contributed by atoms with Gasteiger partial charge in [-0.25, -0.2) is 23.1 Å². The van der Waals surface area contributed by atoms with Gasteiger partial charge in [-0.2, -0.15) is 0 Å². The number of nitrogens with zero attached hydrogens (tertiary/aromatic N) is 5. The number of aromatic nitrogens is 3. The predicted octanol–water partition coefficient (Wildman–Crippen LogP) is 5.84. The second kappa shape index (κ2) is 14.2. The number of thioether (sulfide) groups is 1. The van der Waals surface area contributed by atoms with Crippen LogP contribution in [0, 0.1) is 5.82 Å². The lowest BCUT2D eigenvalue weighted by Crippen LogP contribution is -2.37. The molecule has 0 saturated carbocycles. The number of likely N-dealkylation sites (tertiary alicyclic amines) is 1. The number of fused-ring (bicyclic) bond motifs is 1. The third kappa shape index (κ3) is 7.02. The van der Waals surface area contributed by atoms with Gasteiger partial charge in [0.25, 0.3) is 5.91 Å². The first-order valence-electron chi connectivity index (χ1n) is 15.7. The second-order valence-electron chi connectivity index (χ2n) is 11.9. The highest BCUT2D eigenvalue weighted by Gasteiger charge is 2.36. The molecule has 9 nitrogen and oxygen atoms in total. The summed E-state index contributed by atoms with van der Waals surface area (Å²) in [4.78, 5) is 35.2. The fourth-order valence-electron chi connectivity index (χ4n) is 6.27. The van der Waals surface area contributed by atoms with E-state index in [1.165, 1.54) is 34.6 Å². The molecule has 2 aromatic carbocycles. The van der Waals surface area contributed by atoms with E-state index in [0.717, 1.165) is 41.8 Å². The van der Waals surface area contributed by atoms with Gasteiger partial charge in [0.15, 0.2) is 11.3 Å². The summed E-state index contributed by atoms with van der Waals surface area (Å²) in [6, 6.07) is 15.2. The molecule has 12 heteroatoms. The summed E-state index contributed by atoms with van der Waals surface area (Å²) >= 11 is 1.49. The molecule has 0 radical (unpaired) electrons. The van der Waals surface area contributed by atoms with E-state index in [-0.39, 0.29) is 42.4 Å². The molecule has 3 atom stereocenters. The van der Waals surface area contributed by atoms with Crippen molar-refractivity contribution >= 4 is 35.1 Å². The van der Waals surface area contributed by atoms with Gasteiger partial charge in [0, 0.05) is 37.0 Å². The third-order valence-corrected chi connectivity index (χ3v) is 9.40. The Balaban J connectivity index is 1.12. The first-order chi connectivity index (χ1) is 22.3. The number of carbonyl (C=O) groups excluding carboxylic acids is 2. The maximum Gasteiger partial charge on any atom is 0.338 e. The molecule has 0 bridgehead atoms. The van der Waals surface area contributed by atoms with Crippen LogP contribution in [0.4, 0.5) is 14.6 Å². The minimum absolute atomic E-state index is 0.0726. The Morgan fingerprint density at radius 2 is 2.00 bits per heavy atom. The van der Waals surface area contributed by atoms with Crippen LogP contribution in [0.15, 0.2) is 65.7 Å². The Hall–Kier alpha value is -4.03. The van der Waals surface area contributed by atoms with Gasteiger partial charge in [-0.1, -0.05) is 25.5 Å². The number of imidazole rings is 1. The summed E-state index contributed by atoms with van der Waals surface area (Å²) in [5.74, 6) is -0.481. The standard InChI is InChI=1S/C34H38F2N6O3S/c1-3-4-14-45-34(44)23-7-5-6-22(15-23)19-40-13-12-26(21-40)38-33(43)29-18-37-31-10-11-32(39-42(29)31)41-20-25(36)17-28(41)27-16-24(35)8-9-30(27)46-2/h5-11,15-16,18,25-26,28H,3-4,12-14,17,19-21H2,1-2H3,(H,38,43)/t25-,26-,28+/m0/s1. The zero-order valence-electron chi connectivity index (χ0n) is 26.0. The first kappa shape index (κ1) is 31.9. The van der Waals surface area contributed by atoms with Crippen LogP contribution in [0.3, 0.4) is 0 Å². The van der Waals surface area contributed by atoms with Crippen molar-refractivity contribution in [3.05, 3.63) is 89.0 Å². The number of benzene rings is 2. The van der Waals surface area contributed by atoms with Crippen LogP contribution in [0.25, 0.3) is 5.65 Å². The van der Waals surface area contributed by atoms with Crippen molar-refractivity contribution in [2.24, 2.45) is 0 Å². The molecule has 0 aliphatic carbocycles. The molecule has 6 rings (SSSR count). The fourth-order valence-corrected chi connectivity index (χ4v) is 6.91. The van der Waals surface area contributed by atoms with E-state index in [9.17, 15) is 18.4 Å². The SMILES string of the molecule is CCCCOC(=O)c1cccc(CN2CC[C@H](NC(=O)c3cnc4ccc(N5C[C@@H](F)C[C@@H]5c5cc(F)ccc5SC)nn34)C2)c1. The smallest absolute Gasteiger partial charge is 0.338 e. The van der Waals surface area contributed by atoms with Crippen molar-refractivity contribution in [2.45, 2.75) is 62.3 Å². The second-order valence-corrected chi connectivity index (χ2v) is 12.7. The van der Waals surface area contributed by atoms with Gasteiger partial charge in [-0.15, -0.1) is 16.9 Å². The van der Waals surface area contributed by atoms with Crippen molar-refractivity contribution in [1.82, 2.24) is 24.8 Å². The monoisotopic (exact) mass is 648 g/mol. The molecule has 2 aromatic heterocycles. The van der Waals surface area contributed by atoms with Gasteiger partial charge in [0.05, 0.1) is 31.0 Å². The topological polar surface area (TPSA) is 92.1 Å².